The van der Waals surface area contributed by atoms with Gasteiger partial charge < -0.3 is 9.64 Å². The van der Waals surface area contributed by atoms with Gasteiger partial charge >= 0.3 is 5.97 Å². The molecule has 0 spiro atoms. The van der Waals surface area contributed by atoms with Crippen LogP contribution in [0.4, 0.5) is 0 Å². The molecule has 0 aromatic rings. The molecular weight excluding hydrogens is 184 g/mol. The first-order chi connectivity index (χ1) is 6.81. The Morgan fingerprint density at radius 2 is 2.00 bits per heavy atom. The van der Waals surface area contributed by atoms with Gasteiger partial charge in [0.25, 0.3) is 0 Å². The highest BCUT2D eigenvalue weighted by atomic mass is 16.5. The molecule has 0 N–H and O–H groups in total. The summed E-state index contributed by atoms with van der Waals surface area (Å²) in [5.74, 6) is -0.107. The van der Waals surface area contributed by atoms with Gasteiger partial charge in [-0.05, 0) is 0 Å². The van der Waals surface area contributed by atoms with Crippen LogP contribution in [0.15, 0.2) is 0 Å². The predicted molar refractivity (Wildman–Crippen MR) is 48.6 cm³/mol. The van der Waals surface area contributed by atoms with Crippen molar-refractivity contribution in [2.45, 2.75) is 12.5 Å². The van der Waals surface area contributed by atoms with Crippen LogP contribution >= 0.6 is 0 Å². The lowest BCUT2D eigenvalue weighted by Crippen LogP contribution is -2.51. The third kappa shape index (κ3) is 1.72. The van der Waals surface area contributed by atoms with Crippen LogP contribution in [-0.2, 0) is 14.3 Å². The van der Waals surface area contributed by atoms with Gasteiger partial charge in [-0.25, -0.2) is 0 Å². The first-order valence-electron chi connectivity index (χ1n) is 4.91. The number of piperazine rings is 1. The van der Waals surface area contributed by atoms with Crippen molar-refractivity contribution in [3.8, 4) is 0 Å². The summed E-state index contributed by atoms with van der Waals surface area (Å²) in [5.41, 5.74) is 0. The molecular formula is C9H14N2O3. The minimum absolute atomic E-state index is 0.0659. The first-order valence-corrected chi connectivity index (χ1v) is 4.91. The summed E-state index contributed by atoms with van der Waals surface area (Å²) in [4.78, 5) is 25.6. The summed E-state index contributed by atoms with van der Waals surface area (Å²) in [6.45, 7) is 3.52. The molecule has 1 unspecified atom stereocenters. The molecule has 0 aromatic heterocycles. The Hall–Kier alpha value is -1.10. The van der Waals surface area contributed by atoms with Crippen molar-refractivity contribution in [3.63, 3.8) is 0 Å². The number of cyclic esters (lactones) is 1. The molecule has 0 bridgehead atoms. The summed E-state index contributed by atoms with van der Waals surface area (Å²) in [7, 11) is 0. The number of esters is 1. The Morgan fingerprint density at radius 1 is 1.29 bits per heavy atom. The highest BCUT2D eigenvalue weighted by Gasteiger charge is 2.33. The van der Waals surface area contributed by atoms with Gasteiger partial charge in [-0.3, -0.25) is 14.5 Å². The number of amides is 1. The lowest BCUT2D eigenvalue weighted by molar-refractivity contribution is -0.142. The van der Waals surface area contributed by atoms with Crippen LogP contribution in [0.2, 0.25) is 0 Å². The SMILES string of the molecule is O=CN1CCN(C2CCOC2=O)CC1. The molecule has 5 heteroatoms. The molecule has 0 aromatic carbocycles. The first kappa shape index (κ1) is 9.45. The number of nitrogens with zero attached hydrogens (tertiary/aromatic N) is 2. The molecule has 2 aliphatic heterocycles. The van der Waals surface area contributed by atoms with Gasteiger partial charge in [0.05, 0.1) is 6.61 Å². The fourth-order valence-electron chi connectivity index (χ4n) is 1.97. The van der Waals surface area contributed by atoms with Crippen molar-refractivity contribution in [1.82, 2.24) is 9.80 Å². The molecule has 2 rings (SSSR count). The highest BCUT2D eigenvalue weighted by Crippen LogP contribution is 2.15. The van der Waals surface area contributed by atoms with E-state index in [1.165, 1.54) is 0 Å². The molecule has 14 heavy (non-hydrogen) atoms. The quantitative estimate of drug-likeness (QED) is 0.425. The molecule has 78 valence electrons. The highest BCUT2D eigenvalue weighted by molar-refractivity contribution is 5.77. The van der Waals surface area contributed by atoms with Crippen LogP contribution in [0, 0.1) is 0 Å². The van der Waals surface area contributed by atoms with Crippen LogP contribution < -0.4 is 0 Å². The van der Waals surface area contributed by atoms with E-state index in [9.17, 15) is 9.59 Å². The standard InChI is InChI=1S/C9H14N2O3/c12-7-10-2-4-11(5-3-10)8-1-6-14-9(8)13/h7-8H,1-6H2. The topological polar surface area (TPSA) is 49.9 Å². The van der Waals surface area contributed by atoms with Gasteiger partial charge in [-0.15, -0.1) is 0 Å². The van der Waals surface area contributed by atoms with Crippen molar-refractivity contribution in [2.24, 2.45) is 0 Å². The van der Waals surface area contributed by atoms with Crippen LogP contribution in [0.5, 0.6) is 0 Å². The molecule has 0 aliphatic carbocycles. The van der Waals surface area contributed by atoms with Gasteiger partial charge in [0.1, 0.15) is 6.04 Å². The Balaban J connectivity index is 1.88. The third-order valence-electron chi connectivity index (χ3n) is 2.85. The number of carbonyl (C=O) groups is 2. The summed E-state index contributed by atoms with van der Waals surface area (Å²) in [6, 6.07) is -0.0659. The number of hydrogen-bond donors (Lipinski definition) is 0. The van der Waals surface area contributed by atoms with Crippen molar-refractivity contribution < 1.29 is 14.3 Å². The summed E-state index contributed by atoms with van der Waals surface area (Å²) in [6.07, 6.45) is 1.66. The second-order valence-corrected chi connectivity index (χ2v) is 3.65. The Kier molecular flexibility index (Phi) is 2.67. The van der Waals surface area contributed by atoms with Crippen molar-refractivity contribution in [1.29, 1.82) is 0 Å². The monoisotopic (exact) mass is 198 g/mol. The van der Waals surface area contributed by atoms with Gasteiger partial charge in [0.15, 0.2) is 0 Å². The zero-order valence-corrected chi connectivity index (χ0v) is 8.02. The van der Waals surface area contributed by atoms with Crippen LogP contribution in [0.1, 0.15) is 6.42 Å². The Labute approximate surface area is 82.6 Å². The van der Waals surface area contributed by atoms with Gasteiger partial charge in [-0.2, -0.15) is 0 Å². The minimum atomic E-state index is -0.107. The molecule has 0 radical (unpaired) electrons. The maximum atomic E-state index is 11.3. The minimum Gasteiger partial charge on any atom is -0.464 e. The number of ether oxygens (including phenoxy) is 1. The molecule has 5 nitrogen and oxygen atoms in total. The summed E-state index contributed by atoms with van der Waals surface area (Å²) < 4.78 is 4.91. The second-order valence-electron chi connectivity index (χ2n) is 3.65. The summed E-state index contributed by atoms with van der Waals surface area (Å²) in [5, 5.41) is 0. The molecule has 1 atom stereocenters. The summed E-state index contributed by atoms with van der Waals surface area (Å²) >= 11 is 0. The molecule has 2 saturated heterocycles. The van der Waals surface area contributed by atoms with Crippen molar-refractivity contribution in [2.75, 3.05) is 32.8 Å². The van der Waals surface area contributed by atoms with Gasteiger partial charge in [0, 0.05) is 32.6 Å². The maximum Gasteiger partial charge on any atom is 0.323 e. The maximum absolute atomic E-state index is 11.3. The largest absolute Gasteiger partial charge is 0.464 e. The van der Waals surface area contributed by atoms with E-state index in [2.05, 4.69) is 4.90 Å². The van der Waals surface area contributed by atoms with Crippen LogP contribution in [0.25, 0.3) is 0 Å². The average molecular weight is 198 g/mol. The van der Waals surface area contributed by atoms with E-state index in [0.29, 0.717) is 19.7 Å². The lowest BCUT2D eigenvalue weighted by atomic mass is 10.2. The van der Waals surface area contributed by atoms with Crippen LogP contribution in [-0.4, -0.2) is 61.0 Å². The zero-order chi connectivity index (χ0) is 9.97. The zero-order valence-electron chi connectivity index (χ0n) is 8.02. The predicted octanol–water partition coefficient (Wildman–Crippen LogP) is -0.924. The smallest absolute Gasteiger partial charge is 0.323 e. The van der Waals surface area contributed by atoms with Crippen molar-refractivity contribution in [3.05, 3.63) is 0 Å². The molecule has 1 amide bonds. The molecule has 2 heterocycles. The lowest BCUT2D eigenvalue weighted by Gasteiger charge is -2.34. The van der Waals surface area contributed by atoms with E-state index in [1.54, 1.807) is 4.90 Å². The Bertz CT molecular complexity index is 236. The van der Waals surface area contributed by atoms with E-state index in [-0.39, 0.29) is 12.0 Å². The van der Waals surface area contributed by atoms with E-state index in [4.69, 9.17) is 4.74 Å². The van der Waals surface area contributed by atoms with E-state index in [1.807, 2.05) is 0 Å². The second kappa shape index (κ2) is 3.96. The van der Waals surface area contributed by atoms with Crippen molar-refractivity contribution >= 4 is 12.4 Å². The van der Waals surface area contributed by atoms with E-state index in [0.717, 1.165) is 25.9 Å². The number of rotatable bonds is 2. The normalized spacial score (nSPS) is 29.0. The fourth-order valence-corrected chi connectivity index (χ4v) is 1.97. The average Bonchev–Trinajstić information content (AvgIpc) is 2.65. The van der Waals surface area contributed by atoms with E-state index < -0.39 is 0 Å². The van der Waals surface area contributed by atoms with Crippen LogP contribution in [0.3, 0.4) is 0 Å². The van der Waals surface area contributed by atoms with E-state index >= 15 is 0 Å². The Morgan fingerprint density at radius 3 is 2.50 bits per heavy atom. The molecule has 0 saturated carbocycles. The molecule has 2 aliphatic rings. The molecule has 2 fully saturated rings. The van der Waals surface area contributed by atoms with Gasteiger partial charge in [0.2, 0.25) is 6.41 Å². The third-order valence-corrected chi connectivity index (χ3v) is 2.85. The number of carbonyl (C=O) groups excluding carboxylic acids is 2. The van der Waals surface area contributed by atoms with Gasteiger partial charge in [-0.1, -0.05) is 0 Å². The number of hydrogen-bond acceptors (Lipinski definition) is 4. The fraction of sp³-hybridized carbons (Fsp3) is 0.778.